The first-order valence-electron chi connectivity index (χ1n) is 9.86. The van der Waals surface area contributed by atoms with E-state index in [1.54, 1.807) is 23.1 Å². The van der Waals surface area contributed by atoms with Gasteiger partial charge in [0.2, 0.25) is 0 Å². The Labute approximate surface area is 175 Å². The standard InChI is InChI=1S/C21H17F3N6O/c22-21(23,24)18-2-1-3-19(28-18)30-16-6-4-12(8-13(16)10-26-30)20(31)27-15-9-14-5-7-17(15)29(14)11-25/h1-4,6,8,10,14-15,17H,5,7,9H2,(H,27,31)/t14-,15+,17+/m0/s1. The number of fused-ring (bicyclic) bond motifs is 3. The third-order valence-electron chi connectivity index (χ3n) is 6.04. The number of nitriles is 1. The summed E-state index contributed by atoms with van der Waals surface area (Å²) in [5, 5.41) is 17.1. The van der Waals surface area contributed by atoms with Gasteiger partial charge in [0.15, 0.2) is 12.0 Å². The highest BCUT2D eigenvalue weighted by Crippen LogP contribution is 2.37. The highest BCUT2D eigenvalue weighted by molar-refractivity contribution is 5.98. The zero-order chi connectivity index (χ0) is 21.8. The number of aromatic nitrogens is 3. The lowest BCUT2D eigenvalue weighted by atomic mass is 9.95. The molecule has 0 saturated carbocycles. The van der Waals surface area contributed by atoms with Crippen LogP contribution in [-0.2, 0) is 6.18 Å². The molecule has 2 saturated heterocycles. The van der Waals surface area contributed by atoms with Gasteiger partial charge in [-0.3, -0.25) is 4.79 Å². The Morgan fingerprint density at radius 1 is 1.23 bits per heavy atom. The number of amides is 1. The number of halogens is 3. The van der Waals surface area contributed by atoms with Crippen molar-refractivity contribution in [3.05, 3.63) is 53.9 Å². The summed E-state index contributed by atoms with van der Waals surface area (Å²) in [6, 6.07) is 8.69. The summed E-state index contributed by atoms with van der Waals surface area (Å²) in [6.45, 7) is 0. The average molecular weight is 426 g/mol. The zero-order valence-electron chi connectivity index (χ0n) is 16.2. The molecule has 1 N–H and O–H groups in total. The van der Waals surface area contributed by atoms with E-state index in [2.05, 4.69) is 21.6 Å². The monoisotopic (exact) mass is 426 g/mol. The largest absolute Gasteiger partial charge is 0.433 e. The second-order valence-electron chi connectivity index (χ2n) is 7.83. The molecule has 0 aliphatic carbocycles. The molecule has 3 atom stereocenters. The van der Waals surface area contributed by atoms with Crippen LogP contribution >= 0.6 is 0 Å². The summed E-state index contributed by atoms with van der Waals surface area (Å²) in [7, 11) is 0. The Morgan fingerprint density at radius 3 is 2.81 bits per heavy atom. The van der Waals surface area contributed by atoms with Gasteiger partial charge in [0.1, 0.15) is 5.69 Å². The van der Waals surface area contributed by atoms with Gasteiger partial charge in [0.05, 0.1) is 23.8 Å². The number of rotatable bonds is 3. The maximum atomic E-state index is 13.0. The van der Waals surface area contributed by atoms with Crippen molar-refractivity contribution in [2.45, 2.75) is 43.6 Å². The number of hydrogen-bond donors (Lipinski definition) is 1. The second-order valence-corrected chi connectivity index (χ2v) is 7.83. The Balaban J connectivity index is 1.39. The summed E-state index contributed by atoms with van der Waals surface area (Å²) in [6.07, 6.45) is 1.77. The van der Waals surface area contributed by atoms with Crippen LogP contribution in [-0.4, -0.2) is 43.7 Å². The van der Waals surface area contributed by atoms with Crippen molar-refractivity contribution in [2.24, 2.45) is 0 Å². The average Bonchev–Trinajstić information content (AvgIpc) is 3.44. The summed E-state index contributed by atoms with van der Waals surface area (Å²) in [5.74, 6) is -0.206. The van der Waals surface area contributed by atoms with Crippen LogP contribution in [0.15, 0.2) is 42.6 Å². The number of hydrogen-bond acceptors (Lipinski definition) is 5. The number of pyridine rings is 1. The molecule has 2 fully saturated rings. The smallest absolute Gasteiger partial charge is 0.347 e. The molecule has 31 heavy (non-hydrogen) atoms. The Kier molecular flexibility index (Phi) is 4.36. The maximum Gasteiger partial charge on any atom is 0.433 e. The van der Waals surface area contributed by atoms with Crippen LogP contribution in [0.3, 0.4) is 0 Å². The first-order chi connectivity index (χ1) is 14.8. The molecule has 2 aliphatic heterocycles. The highest BCUT2D eigenvalue weighted by atomic mass is 19.4. The molecule has 2 aromatic heterocycles. The van der Waals surface area contributed by atoms with E-state index in [9.17, 15) is 23.2 Å². The fourth-order valence-electron chi connectivity index (χ4n) is 4.61. The van der Waals surface area contributed by atoms with Gasteiger partial charge in [-0.05, 0) is 49.6 Å². The van der Waals surface area contributed by atoms with E-state index in [0.717, 1.165) is 25.3 Å². The fraction of sp³-hybridized carbons (Fsp3) is 0.333. The molecular weight excluding hydrogens is 409 g/mol. The van der Waals surface area contributed by atoms with Crippen molar-refractivity contribution in [1.82, 2.24) is 25.0 Å². The van der Waals surface area contributed by atoms with Gasteiger partial charge in [0, 0.05) is 17.0 Å². The van der Waals surface area contributed by atoms with Crippen LogP contribution in [0.4, 0.5) is 13.2 Å². The molecule has 1 aromatic carbocycles. The number of nitrogens with zero attached hydrogens (tertiary/aromatic N) is 5. The van der Waals surface area contributed by atoms with Gasteiger partial charge in [-0.1, -0.05) is 6.07 Å². The van der Waals surface area contributed by atoms with Crippen LogP contribution in [0.1, 0.15) is 35.3 Å². The van der Waals surface area contributed by atoms with Crippen LogP contribution in [0.5, 0.6) is 0 Å². The lowest BCUT2D eigenvalue weighted by Gasteiger charge is -2.21. The number of carbonyl (C=O) groups is 1. The maximum absolute atomic E-state index is 13.0. The zero-order valence-corrected chi connectivity index (χ0v) is 16.2. The minimum Gasteiger partial charge on any atom is -0.347 e. The van der Waals surface area contributed by atoms with E-state index in [-0.39, 0.29) is 29.9 Å². The molecule has 0 spiro atoms. The topological polar surface area (TPSA) is 86.8 Å². The van der Waals surface area contributed by atoms with Crippen LogP contribution in [0, 0.1) is 11.5 Å². The molecule has 10 heteroatoms. The molecule has 158 valence electrons. The first kappa shape index (κ1) is 19.4. The lowest BCUT2D eigenvalue weighted by molar-refractivity contribution is -0.141. The molecule has 7 nitrogen and oxygen atoms in total. The molecule has 2 aliphatic rings. The molecule has 3 aromatic rings. The van der Waals surface area contributed by atoms with Gasteiger partial charge in [0.25, 0.3) is 5.91 Å². The van der Waals surface area contributed by atoms with Crippen molar-refractivity contribution in [2.75, 3.05) is 0 Å². The van der Waals surface area contributed by atoms with Gasteiger partial charge < -0.3 is 10.2 Å². The molecule has 1 amide bonds. The molecule has 0 unspecified atom stereocenters. The van der Waals surface area contributed by atoms with Crippen molar-refractivity contribution in [1.29, 1.82) is 5.26 Å². The predicted octanol–water partition coefficient (Wildman–Crippen LogP) is 3.26. The Bertz CT molecular complexity index is 1210. The summed E-state index contributed by atoms with van der Waals surface area (Å²) in [4.78, 5) is 18.2. The molecular formula is C21H17F3N6O. The molecule has 5 rings (SSSR count). The highest BCUT2D eigenvalue weighted by Gasteiger charge is 2.46. The number of nitrogens with one attached hydrogen (secondary N) is 1. The second kappa shape index (κ2) is 6.97. The van der Waals surface area contributed by atoms with Crippen molar-refractivity contribution in [3.8, 4) is 12.0 Å². The number of benzene rings is 1. The minimum atomic E-state index is -4.55. The van der Waals surface area contributed by atoms with E-state index in [1.165, 1.54) is 23.0 Å². The first-order valence-corrected chi connectivity index (χ1v) is 9.86. The van der Waals surface area contributed by atoms with E-state index in [0.29, 0.717) is 16.5 Å². The number of carbonyl (C=O) groups excluding carboxylic acids is 1. The Morgan fingerprint density at radius 2 is 2.06 bits per heavy atom. The van der Waals surface area contributed by atoms with E-state index in [4.69, 9.17) is 0 Å². The summed E-state index contributed by atoms with van der Waals surface area (Å²) >= 11 is 0. The molecule has 2 bridgehead atoms. The van der Waals surface area contributed by atoms with E-state index < -0.39 is 11.9 Å². The van der Waals surface area contributed by atoms with Gasteiger partial charge in [-0.15, -0.1) is 0 Å². The SMILES string of the molecule is N#CN1[C@H]2CC[C@@H]1[C@H](NC(=O)c1ccc3c(cnn3-c3cccc(C(F)(F)F)n3)c1)C2. The van der Waals surface area contributed by atoms with Crippen molar-refractivity contribution in [3.63, 3.8) is 0 Å². The van der Waals surface area contributed by atoms with Crippen LogP contribution in [0.25, 0.3) is 16.7 Å². The van der Waals surface area contributed by atoms with E-state index >= 15 is 0 Å². The van der Waals surface area contributed by atoms with Crippen LogP contribution in [0.2, 0.25) is 0 Å². The van der Waals surface area contributed by atoms with Gasteiger partial charge >= 0.3 is 6.18 Å². The lowest BCUT2D eigenvalue weighted by Crippen LogP contribution is -2.43. The minimum absolute atomic E-state index is 0.0393. The normalized spacial score (nSPS) is 22.6. The number of alkyl halides is 3. The Hall–Kier alpha value is -3.61. The van der Waals surface area contributed by atoms with Crippen molar-refractivity contribution >= 4 is 16.8 Å². The third-order valence-corrected chi connectivity index (χ3v) is 6.04. The molecule has 4 heterocycles. The van der Waals surface area contributed by atoms with Crippen molar-refractivity contribution < 1.29 is 18.0 Å². The van der Waals surface area contributed by atoms with Gasteiger partial charge in [-0.25, -0.2) is 9.67 Å². The molecule has 0 radical (unpaired) electrons. The summed E-state index contributed by atoms with van der Waals surface area (Å²) < 4.78 is 40.2. The van der Waals surface area contributed by atoms with Crippen LogP contribution < -0.4 is 5.32 Å². The quantitative estimate of drug-likeness (QED) is 0.650. The van der Waals surface area contributed by atoms with E-state index in [1.807, 2.05) is 0 Å². The third kappa shape index (κ3) is 3.26. The fourth-order valence-corrected chi connectivity index (χ4v) is 4.61. The predicted molar refractivity (Wildman–Crippen MR) is 104 cm³/mol. The summed E-state index contributed by atoms with van der Waals surface area (Å²) in [5.41, 5.74) is -0.0313. The van der Waals surface area contributed by atoms with Gasteiger partial charge in [-0.2, -0.15) is 23.5 Å².